The maximum atomic E-state index is 11.7. The van der Waals surface area contributed by atoms with Gasteiger partial charge in [-0.15, -0.1) is 0 Å². The lowest BCUT2D eigenvalue weighted by molar-refractivity contribution is 0.209. The van der Waals surface area contributed by atoms with Gasteiger partial charge in [0, 0.05) is 24.8 Å². The summed E-state index contributed by atoms with van der Waals surface area (Å²) in [4.78, 5) is 14.0. The van der Waals surface area contributed by atoms with Gasteiger partial charge in [-0.2, -0.15) is 5.10 Å². The van der Waals surface area contributed by atoms with Crippen LogP contribution < -0.4 is 5.56 Å². The molecule has 2 aromatic heterocycles. The van der Waals surface area contributed by atoms with Crippen LogP contribution in [0, 0.1) is 6.92 Å². The van der Waals surface area contributed by atoms with E-state index in [2.05, 4.69) is 20.3 Å². The minimum absolute atomic E-state index is 0.0568. The predicted molar refractivity (Wildman–Crippen MR) is 71.0 cm³/mol. The third-order valence-electron chi connectivity index (χ3n) is 3.77. The van der Waals surface area contributed by atoms with Gasteiger partial charge in [0.2, 0.25) is 0 Å². The van der Waals surface area contributed by atoms with E-state index in [9.17, 15) is 4.79 Å². The van der Waals surface area contributed by atoms with Gasteiger partial charge in [0.1, 0.15) is 11.4 Å². The largest absolute Gasteiger partial charge is 0.293 e. The van der Waals surface area contributed by atoms with Crippen LogP contribution in [0.4, 0.5) is 0 Å². The molecule has 0 radical (unpaired) electrons. The average molecular weight is 275 g/mol. The van der Waals surface area contributed by atoms with Crippen LogP contribution in [0.3, 0.4) is 0 Å². The molecule has 3 heterocycles. The zero-order chi connectivity index (χ0) is 13.9. The van der Waals surface area contributed by atoms with Crippen LogP contribution >= 0.6 is 0 Å². The predicted octanol–water partition coefficient (Wildman–Crippen LogP) is 0.599. The summed E-state index contributed by atoms with van der Waals surface area (Å²) in [5, 5.41) is 11.8. The van der Waals surface area contributed by atoms with E-state index in [-0.39, 0.29) is 5.56 Å². The zero-order valence-corrected chi connectivity index (χ0v) is 11.4. The molecule has 1 fully saturated rings. The number of aryl methyl sites for hydroxylation is 1. The lowest BCUT2D eigenvalue weighted by Crippen LogP contribution is -2.36. The molecular weight excluding hydrogens is 258 g/mol. The first-order valence-corrected chi connectivity index (χ1v) is 6.78. The highest BCUT2D eigenvalue weighted by atomic mass is 16.6. The summed E-state index contributed by atoms with van der Waals surface area (Å²) < 4.78 is 6.26. The molecule has 7 heteroatoms. The van der Waals surface area contributed by atoms with Gasteiger partial charge in [-0.1, -0.05) is 10.3 Å². The second kappa shape index (κ2) is 5.54. The molecule has 7 nitrogen and oxygen atoms in total. The van der Waals surface area contributed by atoms with Gasteiger partial charge < -0.3 is 0 Å². The van der Waals surface area contributed by atoms with Crippen molar-refractivity contribution in [2.45, 2.75) is 38.9 Å². The standard InChI is InChI=1S/C13H17N5O2/c1-10-12(16-20-15-10)9-17-7-3-4-11(17)8-18-13(19)5-2-6-14-18/h2,5-6,11H,3-4,7-9H2,1H3. The molecule has 0 saturated carbocycles. The van der Waals surface area contributed by atoms with Crippen LogP contribution in [-0.4, -0.2) is 37.6 Å². The highest BCUT2D eigenvalue weighted by Crippen LogP contribution is 2.21. The Morgan fingerprint density at radius 1 is 1.45 bits per heavy atom. The van der Waals surface area contributed by atoms with Gasteiger partial charge >= 0.3 is 0 Å². The second-order valence-corrected chi connectivity index (χ2v) is 5.11. The number of hydrogen-bond donors (Lipinski definition) is 0. The Morgan fingerprint density at radius 3 is 3.10 bits per heavy atom. The third kappa shape index (κ3) is 2.62. The van der Waals surface area contributed by atoms with E-state index >= 15 is 0 Å². The summed E-state index contributed by atoms with van der Waals surface area (Å²) >= 11 is 0. The number of aromatic nitrogens is 4. The Morgan fingerprint density at radius 2 is 2.35 bits per heavy atom. The van der Waals surface area contributed by atoms with Crippen molar-refractivity contribution in [1.29, 1.82) is 0 Å². The summed E-state index contributed by atoms with van der Waals surface area (Å²) in [5.74, 6) is 0. The normalized spacial score (nSPS) is 19.6. The van der Waals surface area contributed by atoms with Crippen molar-refractivity contribution < 1.29 is 4.63 Å². The van der Waals surface area contributed by atoms with E-state index in [4.69, 9.17) is 4.63 Å². The molecule has 20 heavy (non-hydrogen) atoms. The van der Waals surface area contributed by atoms with Crippen molar-refractivity contribution in [3.05, 3.63) is 40.1 Å². The number of hydrogen-bond acceptors (Lipinski definition) is 6. The fraction of sp³-hybridized carbons (Fsp3) is 0.538. The van der Waals surface area contributed by atoms with Crippen LogP contribution in [-0.2, 0) is 13.1 Å². The van der Waals surface area contributed by atoms with Gasteiger partial charge in [-0.05, 0) is 32.4 Å². The first-order chi connectivity index (χ1) is 9.74. The van der Waals surface area contributed by atoms with Crippen molar-refractivity contribution in [2.24, 2.45) is 0 Å². The summed E-state index contributed by atoms with van der Waals surface area (Å²) in [6.07, 6.45) is 3.83. The number of nitrogens with zero attached hydrogens (tertiary/aromatic N) is 5. The minimum atomic E-state index is -0.0568. The fourth-order valence-electron chi connectivity index (χ4n) is 2.62. The molecule has 1 atom stereocenters. The highest BCUT2D eigenvalue weighted by molar-refractivity contribution is 5.05. The molecule has 1 aliphatic heterocycles. The van der Waals surface area contributed by atoms with Crippen LogP contribution in [0.15, 0.2) is 27.8 Å². The first-order valence-electron chi connectivity index (χ1n) is 6.78. The molecule has 0 bridgehead atoms. The minimum Gasteiger partial charge on any atom is -0.293 e. The maximum absolute atomic E-state index is 11.7. The van der Waals surface area contributed by atoms with Crippen LogP contribution in [0.25, 0.3) is 0 Å². The van der Waals surface area contributed by atoms with Crippen molar-refractivity contribution in [1.82, 2.24) is 25.0 Å². The lowest BCUT2D eigenvalue weighted by Gasteiger charge is -2.23. The monoisotopic (exact) mass is 275 g/mol. The molecule has 1 saturated heterocycles. The Hall–Kier alpha value is -2.02. The van der Waals surface area contributed by atoms with Gasteiger partial charge in [-0.25, -0.2) is 9.31 Å². The molecule has 1 unspecified atom stereocenters. The molecule has 0 N–H and O–H groups in total. The van der Waals surface area contributed by atoms with Crippen LogP contribution in [0.5, 0.6) is 0 Å². The van der Waals surface area contributed by atoms with Crippen molar-refractivity contribution in [3.8, 4) is 0 Å². The Labute approximate surface area is 116 Å². The van der Waals surface area contributed by atoms with E-state index in [1.54, 1.807) is 12.3 Å². The summed E-state index contributed by atoms with van der Waals surface area (Å²) in [6.45, 7) is 4.21. The molecule has 0 aliphatic carbocycles. The zero-order valence-electron chi connectivity index (χ0n) is 11.4. The van der Waals surface area contributed by atoms with Crippen molar-refractivity contribution in [2.75, 3.05) is 6.54 Å². The summed E-state index contributed by atoms with van der Waals surface area (Å²) in [7, 11) is 0. The quantitative estimate of drug-likeness (QED) is 0.813. The summed E-state index contributed by atoms with van der Waals surface area (Å²) in [5.41, 5.74) is 1.63. The maximum Gasteiger partial charge on any atom is 0.266 e. The van der Waals surface area contributed by atoms with E-state index in [0.717, 1.165) is 30.8 Å². The second-order valence-electron chi connectivity index (χ2n) is 5.11. The molecule has 0 spiro atoms. The van der Waals surface area contributed by atoms with Crippen molar-refractivity contribution >= 4 is 0 Å². The van der Waals surface area contributed by atoms with Gasteiger partial charge in [0.25, 0.3) is 5.56 Å². The highest BCUT2D eigenvalue weighted by Gasteiger charge is 2.26. The Bertz CT molecular complexity index is 635. The SMILES string of the molecule is Cc1nonc1CN1CCCC1Cn1ncccc1=O. The molecular formula is C13H17N5O2. The van der Waals surface area contributed by atoms with E-state index in [1.807, 2.05) is 6.92 Å². The molecule has 106 valence electrons. The van der Waals surface area contributed by atoms with E-state index in [0.29, 0.717) is 19.1 Å². The lowest BCUT2D eigenvalue weighted by atomic mass is 10.2. The molecule has 0 aromatic carbocycles. The topological polar surface area (TPSA) is 77.1 Å². The third-order valence-corrected chi connectivity index (χ3v) is 3.77. The fourth-order valence-corrected chi connectivity index (χ4v) is 2.62. The number of rotatable bonds is 4. The van der Waals surface area contributed by atoms with Gasteiger partial charge in [0.05, 0.1) is 6.54 Å². The van der Waals surface area contributed by atoms with E-state index in [1.165, 1.54) is 10.7 Å². The summed E-state index contributed by atoms with van der Waals surface area (Å²) in [6, 6.07) is 3.51. The van der Waals surface area contributed by atoms with E-state index < -0.39 is 0 Å². The first kappa shape index (κ1) is 13.0. The van der Waals surface area contributed by atoms with Gasteiger partial charge in [0.15, 0.2) is 0 Å². The Kier molecular flexibility index (Phi) is 3.60. The van der Waals surface area contributed by atoms with Crippen molar-refractivity contribution in [3.63, 3.8) is 0 Å². The molecule has 3 rings (SSSR count). The van der Waals surface area contributed by atoms with Crippen LogP contribution in [0.2, 0.25) is 0 Å². The molecule has 1 aliphatic rings. The molecule has 0 amide bonds. The van der Waals surface area contributed by atoms with Gasteiger partial charge in [-0.3, -0.25) is 9.69 Å². The number of likely N-dealkylation sites (tertiary alicyclic amines) is 1. The molecule has 2 aromatic rings. The Balaban J connectivity index is 1.71. The average Bonchev–Trinajstić information content (AvgIpc) is 3.04. The smallest absolute Gasteiger partial charge is 0.266 e. The van der Waals surface area contributed by atoms with Crippen LogP contribution in [0.1, 0.15) is 24.2 Å².